The highest BCUT2D eigenvalue weighted by Gasteiger charge is 2.20. The maximum absolute atomic E-state index is 10.1. The van der Waals surface area contributed by atoms with Gasteiger partial charge in [-0.1, -0.05) is 24.3 Å². The Morgan fingerprint density at radius 2 is 1.96 bits per heavy atom. The minimum Gasteiger partial charge on any atom is -0.497 e. The van der Waals surface area contributed by atoms with E-state index in [4.69, 9.17) is 9.47 Å². The Kier molecular flexibility index (Phi) is 5.30. The molecule has 0 aliphatic carbocycles. The van der Waals surface area contributed by atoms with Gasteiger partial charge in [0.25, 0.3) is 0 Å². The average Bonchev–Trinajstić information content (AvgIpc) is 2.81. The van der Waals surface area contributed by atoms with E-state index < -0.39 is 5.60 Å². The van der Waals surface area contributed by atoms with E-state index in [0.717, 1.165) is 48.6 Å². The first kappa shape index (κ1) is 17.8. The van der Waals surface area contributed by atoms with Gasteiger partial charge >= 0.3 is 0 Å². The zero-order chi connectivity index (χ0) is 17.9. The summed E-state index contributed by atoms with van der Waals surface area (Å²) in [5.74, 6) is 1.79. The number of methoxy groups -OCH3 is 1. The van der Waals surface area contributed by atoms with Gasteiger partial charge in [-0.3, -0.25) is 0 Å². The number of benzene rings is 2. The zero-order valence-electron chi connectivity index (χ0n) is 15.2. The predicted octanol–water partition coefficient (Wildman–Crippen LogP) is 3.93. The van der Waals surface area contributed by atoms with Crippen LogP contribution >= 0.6 is 0 Å². The number of nitrogens with one attached hydrogen (secondary N) is 1. The molecule has 0 radical (unpaired) electrons. The van der Waals surface area contributed by atoms with Gasteiger partial charge in [-0.25, -0.2) is 0 Å². The van der Waals surface area contributed by atoms with Crippen LogP contribution in [0.5, 0.6) is 11.5 Å². The van der Waals surface area contributed by atoms with Crippen LogP contribution in [-0.4, -0.2) is 18.8 Å². The van der Waals surface area contributed by atoms with Crippen molar-refractivity contribution in [1.29, 1.82) is 0 Å². The van der Waals surface area contributed by atoms with E-state index >= 15 is 0 Å². The van der Waals surface area contributed by atoms with Crippen molar-refractivity contribution in [3.8, 4) is 11.5 Å². The smallest absolute Gasteiger partial charge is 0.124 e. The Morgan fingerprint density at radius 1 is 1.20 bits per heavy atom. The molecule has 0 fully saturated rings. The summed E-state index contributed by atoms with van der Waals surface area (Å²) in [5.41, 5.74) is 2.47. The molecule has 2 aromatic rings. The van der Waals surface area contributed by atoms with Crippen molar-refractivity contribution in [3.63, 3.8) is 0 Å². The van der Waals surface area contributed by atoms with Crippen molar-refractivity contribution in [2.75, 3.05) is 13.7 Å². The molecule has 3 rings (SSSR count). The molecule has 1 aliphatic rings. The van der Waals surface area contributed by atoms with Crippen molar-refractivity contribution in [1.82, 2.24) is 5.32 Å². The van der Waals surface area contributed by atoms with Gasteiger partial charge in [0.2, 0.25) is 0 Å². The number of ether oxygens (including phenoxy) is 2. The highest BCUT2D eigenvalue weighted by atomic mass is 16.5. The van der Waals surface area contributed by atoms with Gasteiger partial charge in [-0.05, 0) is 56.0 Å². The fraction of sp³-hybridized carbons (Fsp3) is 0.429. The minimum absolute atomic E-state index is 0.238. The Labute approximate surface area is 149 Å². The lowest BCUT2D eigenvalue weighted by Crippen LogP contribution is -2.21. The number of rotatable bonds is 5. The van der Waals surface area contributed by atoms with Crippen LogP contribution < -0.4 is 14.8 Å². The summed E-state index contributed by atoms with van der Waals surface area (Å²) in [6, 6.07) is 14.4. The maximum atomic E-state index is 10.1. The lowest BCUT2D eigenvalue weighted by atomic mass is 9.97. The van der Waals surface area contributed by atoms with E-state index in [0.29, 0.717) is 0 Å². The summed E-state index contributed by atoms with van der Waals surface area (Å²) in [4.78, 5) is 0. The van der Waals surface area contributed by atoms with Crippen LogP contribution in [0.2, 0.25) is 0 Å². The van der Waals surface area contributed by atoms with E-state index in [1.807, 2.05) is 24.3 Å². The predicted molar refractivity (Wildman–Crippen MR) is 99.0 cm³/mol. The molecule has 2 aromatic carbocycles. The van der Waals surface area contributed by atoms with Gasteiger partial charge in [0.15, 0.2) is 0 Å². The average molecular weight is 341 g/mol. The van der Waals surface area contributed by atoms with Gasteiger partial charge in [0.05, 0.1) is 19.3 Å². The fourth-order valence-corrected chi connectivity index (χ4v) is 3.17. The standard InChI is InChI=1S/C21H27NO3/c1-21(2,23)16-8-6-15(7-9-16)14-22-19-5-4-12-25-20-11-10-17(24-3)13-18(19)20/h6-11,13,19,22-23H,4-5,12,14H2,1-3H3. The number of fused-ring (bicyclic) bond motifs is 1. The number of hydrogen-bond acceptors (Lipinski definition) is 4. The van der Waals surface area contributed by atoms with Crippen LogP contribution in [0.4, 0.5) is 0 Å². The normalized spacial score (nSPS) is 17.4. The van der Waals surface area contributed by atoms with Gasteiger partial charge in [0.1, 0.15) is 11.5 Å². The molecule has 0 amide bonds. The molecule has 1 unspecified atom stereocenters. The van der Waals surface area contributed by atoms with Crippen LogP contribution in [0.25, 0.3) is 0 Å². The second kappa shape index (κ2) is 7.46. The highest BCUT2D eigenvalue weighted by molar-refractivity contribution is 5.43. The SMILES string of the molecule is COc1ccc2c(c1)C(NCc1ccc(C(C)(C)O)cc1)CCCO2. The van der Waals surface area contributed by atoms with Gasteiger partial charge in [-0.15, -0.1) is 0 Å². The zero-order valence-corrected chi connectivity index (χ0v) is 15.2. The second-order valence-corrected chi connectivity index (χ2v) is 7.08. The number of aliphatic hydroxyl groups is 1. The molecule has 1 heterocycles. The summed E-state index contributed by atoms with van der Waals surface area (Å²) < 4.78 is 11.2. The quantitative estimate of drug-likeness (QED) is 0.865. The first-order valence-corrected chi connectivity index (χ1v) is 8.83. The minimum atomic E-state index is -0.805. The Bertz CT molecular complexity index is 704. The van der Waals surface area contributed by atoms with Gasteiger partial charge < -0.3 is 19.9 Å². The van der Waals surface area contributed by atoms with Gasteiger partial charge in [0, 0.05) is 18.2 Å². The van der Waals surface area contributed by atoms with E-state index in [1.165, 1.54) is 5.56 Å². The fourth-order valence-electron chi connectivity index (χ4n) is 3.17. The molecule has 0 aromatic heterocycles. The summed E-state index contributed by atoms with van der Waals surface area (Å²) in [5, 5.41) is 13.7. The van der Waals surface area contributed by atoms with Gasteiger partial charge in [-0.2, -0.15) is 0 Å². The second-order valence-electron chi connectivity index (χ2n) is 7.08. The summed E-state index contributed by atoms with van der Waals surface area (Å²) in [7, 11) is 1.69. The van der Waals surface area contributed by atoms with E-state index in [9.17, 15) is 5.11 Å². The molecule has 134 valence electrons. The van der Waals surface area contributed by atoms with Crippen LogP contribution in [0.1, 0.15) is 49.4 Å². The molecule has 2 N–H and O–H groups in total. The Balaban J connectivity index is 1.73. The first-order valence-electron chi connectivity index (χ1n) is 8.83. The molecule has 4 heteroatoms. The maximum Gasteiger partial charge on any atom is 0.124 e. The third kappa shape index (κ3) is 4.33. The molecule has 4 nitrogen and oxygen atoms in total. The molecular formula is C21H27NO3. The van der Waals surface area contributed by atoms with E-state index in [2.05, 4.69) is 23.5 Å². The molecular weight excluding hydrogens is 314 g/mol. The lowest BCUT2D eigenvalue weighted by molar-refractivity contribution is 0.0786. The largest absolute Gasteiger partial charge is 0.497 e. The third-order valence-electron chi connectivity index (χ3n) is 4.70. The van der Waals surface area contributed by atoms with Crippen LogP contribution in [-0.2, 0) is 12.1 Å². The van der Waals surface area contributed by atoms with Crippen LogP contribution in [0.15, 0.2) is 42.5 Å². The van der Waals surface area contributed by atoms with Crippen molar-refractivity contribution < 1.29 is 14.6 Å². The summed E-state index contributed by atoms with van der Waals surface area (Å²) in [6.07, 6.45) is 2.05. The topological polar surface area (TPSA) is 50.7 Å². The van der Waals surface area contributed by atoms with Crippen molar-refractivity contribution in [3.05, 3.63) is 59.2 Å². The lowest BCUT2D eigenvalue weighted by Gasteiger charge is -2.20. The Morgan fingerprint density at radius 3 is 2.64 bits per heavy atom. The molecule has 1 aliphatic heterocycles. The van der Waals surface area contributed by atoms with Crippen molar-refractivity contribution in [2.45, 2.75) is 44.9 Å². The molecule has 0 spiro atoms. The van der Waals surface area contributed by atoms with Crippen LogP contribution in [0, 0.1) is 0 Å². The Hall–Kier alpha value is -2.04. The monoisotopic (exact) mass is 341 g/mol. The van der Waals surface area contributed by atoms with Crippen molar-refractivity contribution in [2.24, 2.45) is 0 Å². The molecule has 0 saturated carbocycles. The van der Waals surface area contributed by atoms with E-state index in [-0.39, 0.29) is 6.04 Å². The van der Waals surface area contributed by atoms with Crippen molar-refractivity contribution >= 4 is 0 Å². The first-order chi connectivity index (χ1) is 12.0. The number of hydrogen-bond donors (Lipinski definition) is 2. The van der Waals surface area contributed by atoms with Crippen LogP contribution in [0.3, 0.4) is 0 Å². The molecule has 0 saturated heterocycles. The van der Waals surface area contributed by atoms with E-state index in [1.54, 1.807) is 21.0 Å². The molecule has 25 heavy (non-hydrogen) atoms. The third-order valence-corrected chi connectivity index (χ3v) is 4.70. The molecule has 0 bridgehead atoms. The summed E-state index contributed by atoms with van der Waals surface area (Å²) in [6.45, 7) is 5.12. The molecule has 1 atom stereocenters. The summed E-state index contributed by atoms with van der Waals surface area (Å²) >= 11 is 0. The highest BCUT2D eigenvalue weighted by Crippen LogP contribution is 2.34.